The van der Waals surface area contributed by atoms with Gasteiger partial charge in [0.15, 0.2) is 5.96 Å². The van der Waals surface area contributed by atoms with Gasteiger partial charge in [-0.1, -0.05) is 18.2 Å². The predicted molar refractivity (Wildman–Crippen MR) is 107 cm³/mol. The Morgan fingerprint density at radius 1 is 1.07 bits per heavy atom. The summed E-state index contributed by atoms with van der Waals surface area (Å²) in [7, 11) is 1.97. The number of anilines is 1. The lowest BCUT2D eigenvalue weighted by atomic mass is 10.2. The molecule has 1 fully saturated rings. The number of fused-ring (bicyclic) bond motifs is 1. The van der Waals surface area contributed by atoms with Crippen LogP contribution in [0, 0.1) is 0 Å². The Labute approximate surface area is 158 Å². The molecule has 1 saturated heterocycles. The third-order valence-corrected chi connectivity index (χ3v) is 4.90. The molecule has 1 aromatic carbocycles. The van der Waals surface area contributed by atoms with Crippen molar-refractivity contribution < 1.29 is 0 Å². The van der Waals surface area contributed by atoms with Crippen LogP contribution in [0.4, 0.5) is 5.95 Å². The number of nitrogens with zero attached hydrogens (tertiary/aromatic N) is 7. The highest BCUT2D eigenvalue weighted by molar-refractivity contribution is 5.82. The number of para-hydroxylation sites is 1. The third kappa shape index (κ3) is 3.69. The molecule has 2 N–H and O–H groups in total. The van der Waals surface area contributed by atoms with Crippen molar-refractivity contribution in [2.75, 3.05) is 37.6 Å². The van der Waals surface area contributed by atoms with Crippen molar-refractivity contribution >= 4 is 22.8 Å². The number of benzene rings is 1. The lowest BCUT2D eigenvalue weighted by molar-refractivity contribution is 0.378. The smallest absolute Gasteiger partial charge is 0.225 e. The molecule has 3 aromatic rings. The fourth-order valence-electron chi connectivity index (χ4n) is 3.44. The van der Waals surface area contributed by atoms with Gasteiger partial charge < -0.3 is 15.5 Å². The maximum atomic E-state index is 6.22. The number of aryl methyl sites for hydroxylation is 1. The summed E-state index contributed by atoms with van der Waals surface area (Å²) < 4.78 is 1.92. The normalized spacial score (nSPS) is 15.5. The van der Waals surface area contributed by atoms with E-state index in [1.807, 2.05) is 29.9 Å². The van der Waals surface area contributed by atoms with E-state index in [1.54, 1.807) is 12.4 Å². The predicted octanol–water partition coefficient (Wildman–Crippen LogP) is 1.04. The van der Waals surface area contributed by atoms with Crippen molar-refractivity contribution in [3.05, 3.63) is 48.4 Å². The molecule has 0 radical (unpaired) electrons. The molecule has 0 bridgehead atoms. The summed E-state index contributed by atoms with van der Waals surface area (Å²) in [5.41, 5.74) is 8.42. The number of aliphatic imine (C=N–C) groups is 1. The summed E-state index contributed by atoms with van der Waals surface area (Å²) in [6.07, 6.45) is 4.32. The van der Waals surface area contributed by atoms with E-state index in [9.17, 15) is 0 Å². The maximum absolute atomic E-state index is 6.22. The van der Waals surface area contributed by atoms with Crippen LogP contribution < -0.4 is 10.6 Å². The van der Waals surface area contributed by atoms with Crippen LogP contribution in [-0.2, 0) is 13.5 Å². The van der Waals surface area contributed by atoms with Crippen molar-refractivity contribution in [1.29, 1.82) is 0 Å². The van der Waals surface area contributed by atoms with E-state index in [1.165, 1.54) is 5.39 Å². The molecule has 0 aliphatic carbocycles. The van der Waals surface area contributed by atoms with Crippen LogP contribution in [0.25, 0.3) is 10.9 Å². The summed E-state index contributed by atoms with van der Waals surface area (Å²) in [4.78, 5) is 17.5. The van der Waals surface area contributed by atoms with Crippen LogP contribution >= 0.6 is 0 Å². The zero-order valence-electron chi connectivity index (χ0n) is 15.5. The van der Waals surface area contributed by atoms with Crippen LogP contribution in [0.2, 0.25) is 0 Å². The molecular weight excluding hydrogens is 340 g/mol. The molecule has 1 aliphatic rings. The molecule has 140 valence electrons. The van der Waals surface area contributed by atoms with Crippen molar-refractivity contribution in [2.24, 2.45) is 17.8 Å². The summed E-state index contributed by atoms with van der Waals surface area (Å²) in [6.45, 7) is 3.95. The molecular formula is C19H24N8. The van der Waals surface area contributed by atoms with E-state index in [4.69, 9.17) is 5.73 Å². The molecule has 0 spiro atoms. The Hall–Kier alpha value is -3.16. The average Bonchev–Trinajstić information content (AvgIpc) is 3.05. The van der Waals surface area contributed by atoms with Gasteiger partial charge in [-0.15, -0.1) is 0 Å². The molecule has 3 heterocycles. The van der Waals surface area contributed by atoms with Gasteiger partial charge in [-0.05, 0) is 12.1 Å². The number of rotatable bonds is 4. The van der Waals surface area contributed by atoms with Gasteiger partial charge in [-0.2, -0.15) is 5.10 Å². The number of aromatic nitrogens is 4. The van der Waals surface area contributed by atoms with E-state index in [2.05, 4.69) is 42.0 Å². The second-order valence-corrected chi connectivity index (χ2v) is 6.60. The summed E-state index contributed by atoms with van der Waals surface area (Å²) >= 11 is 0. The second-order valence-electron chi connectivity index (χ2n) is 6.60. The third-order valence-electron chi connectivity index (χ3n) is 4.90. The van der Waals surface area contributed by atoms with Gasteiger partial charge in [0.1, 0.15) is 0 Å². The van der Waals surface area contributed by atoms with Crippen LogP contribution in [0.15, 0.2) is 47.7 Å². The van der Waals surface area contributed by atoms with Gasteiger partial charge in [0.25, 0.3) is 0 Å². The molecule has 8 heteroatoms. The standard InChI is InChI=1S/C19H24N8/c1-25-17-6-3-2-5-15(17)16(24-25)7-10-21-18(20)26-11-13-27(14-12-26)19-22-8-4-9-23-19/h2-6,8-9H,7,10-14H2,1H3,(H2,20,21). The van der Waals surface area contributed by atoms with Gasteiger partial charge in [0.05, 0.1) is 11.2 Å². The summed E-state index contributed by atoms with van der Waals surface area (Å²) in [5, 5.41) is 5.80. The van der Waals surface area contributed by atoms with Gasteiger partial charge in [-0.3, -0.25) is 9.67 Å². The van der Waals surface area contributed by atoms with Crippen LogP contribution in [0.1, 0.15) is 5.69 Å². The first-order valence-corrected chi connectivity index (χ1v) is 9.20. The number of hydrogen-bond acceptors (Lipinski definition) is 5. The van der Waals surface area contributed by atoms with E-state index in [-0.39, 0.29) is 0 Å². The van der Waals surface area contributed by atoms with Crippen LogP contribution in [0.3, 0.4) is 0 Å². The van der Waals surface area contributed by atoms with Crippen molar-refractivity contribution in [3.63, 3.8) is 0 Å². The Morgan fingerprint density at radius 3 is 2.59 bits per heavy atom. The quantitative estimate of drug-likeness (QED) is 0.550. The Morgan fingerprint density at radius 2 is 1.81 bits per heavy atom. The lowest BCUT2D eigenvalue weighted by Gasteiger charge is -2.35. The second kappa shape index (κ2) is 7.61. The SMILES string of the molecule is Cn1nc(CCN=C(N)N2CCN(c3ncccn3)CC2)c2ccccc21. The highest BCUT2D eigenvalue weighted by Gasteiger charge is 2.19. The van der Waals surface area contributed by atoms with E-state index in [0.29, 0.717) is 12.5 Å². The average molecular weight is 364 g/mol. The molecule has 1 aliphatic heterocycles. The lowest BCUT2D eigenvalue weighted by Crippen LogP contribution is -2.51. The largest absolute Gasteiger partial charge is 0.370 e. The Kier molecular flexibility index (Phi) is 4.86. The van der Waals surface area contributed by atoms with Gasteiger partial charge in [-0.25, -0.2) is 9.97 Å². The van der Waals surface area contributed by atoms with E-state index < -0.39 is 0 Å². The first-order valence-electron chi connectivity index (χ1n) is 9.20. The Balaban J connectivity index is 1.33. The highest BCUT2D eigenvalue weighted by atomic mass is 15.4. The molecule has 0 amide bonds. The molecule has 0 atom stereocenters. The van der Waals surface area contributed by atoms with Crippen molar-refractivity contribution in [2.45, 2.75) is 6.42 Å². The van der Waals surface area contributed by atoms with Gasteiger partial charge in [0.2, 0.25) is 5.95 Å². The van der Waals surface area contributed by atoms with E-state index >= 15 is 0 Å². The van der Waals surface area contributed by atoms with Gasteiger partial charge in [0, 0.05) is 64.0 Å². The summed E-state index contributed by atoms with van der Waals surface area (Å²) in [6, 6.07) is 10.1. The molecule has 4 rings (SSSR count). The molecule has 8 nitrogen and oxygen atoms in total. The molecule has 0 saturated carbocycles. The first kappa shape index (κ1) is 17.3. The van der Waals surface area contributed by atoms with Crippen LogP contribution in [0.5, 0.6) is 0 Å². The number of piperazine rings is 1. The van der Waals surface area contributed by atoms with Gasteiger partial charge >= 0.3 is 0 Å². The number of nitrogens with two attached hydrogens (primary N) is 1. The topological polar surface area (TPSA) is 88.5 Å². The monoisotopic (exact) mass is 364 g/mol. The first-order chi connectivity index (χ1) is 13.2. The van der Waals surface area contributed by atoms with Crippen molar-refractivity contribution in [1.82, 2.24) is 24.6 Å². The fourth-order valence-corrected chi connectivity index (χ4v) is 3.44. The minimum atomic E-state index is 0.601. The van der Waals surface area contributed by atoms with Crippen LogP contribution in [-0.4, -0.2) is 63.3 Å². The zero-order valence-corrected chi connectivity index (χ0v) is 15.5. The highest BCUT2D eigenvalue weighted by Crippen LogP contribution is 2.17. The molecule has 27 heavy (non-hydrogen) atoms. The number of guanidine groups is 1. The minimum Gasteiger partial charge on any atom is -0.370 e. The van der Waals surface area contributed by atoms with Crippen molar-refractivity contribution in [3.8, 4) is 0 Å². The molecule has 2 aromatic heterocycles. The fraction of sp³-hybridized carbons (Fsp3) is 0.368. The number of hydrogen-bond donors (Lipinski definition) is 1. The Bertz CT molecular complexity index is 925. The van der Waals surface area contributed by atoms with E-state index in [0.717, 1.165) is 49.8 Å². The summed E-state index contributed by atoms with van der Waals surface area (Å²) in [5.74, 6) is 1.37. The zero-order chi connectivity index (χ0) is 18.6. The minimum absolute atomic E-state index is 0.601. The maximum Gasteiger partial charge on any atom is 0.225 e. The molecule has 0 unspecified atom stereocenters.